The van der Waals surface area contributed by atoms with E-state index in [2.05, 4.69) is 4.98 Å². The van der Waals surface area contributed by atoms with Crippen LogP contribution >= 0.6 is 0 Å². The van der Waals surface area contributed by atoms with E-state index in [1.54, 1.807) is 6.07 Å². The van der Waals surface area contributed by atoms with Gasteiger partial charge in [0.2, 0.25) is 5.91 Å². The number of amides is 2. The highest BCUT2D eigenvalue weighted by Crippen LogP contribution is 2.33. The molecular weight excluding hydrogens is 411 g/mol. The highest BCUT2D eigenvalue weighted by atomic mass is 19.4. The number of hydrogen-bond donors (Lipinski definition) is 3. The Labute approximate surface area is 173 Å². The van der Waals surface area contributed by atoms with Crippen LogP contribution in [0.5, 0.6) is 0 Å². The van der Waals surface area contributed by atoms with Crippen LogP contribution in [0.25, 0.3) is 22.4 Å². The van der Waals surface area contributed by atoms with E-state index in [9.17, 15) is 22.8 Å². The molecule has 4 N–H and O–H groups in total. The molecule has 1 atom stereocenters. The minimum Gasteiger partial charge on any atom is -0.454 e. The maximum absolute atomic E-state index is 13.6. The molecule has 0 saturated carbocycles. The minimum absolute atomic E-state index is 0.0648. The lowest BCUT2D eigenvalue weighted by atomic mass is 10.0. The number of benzene rings is 2. The van der Waals surface area contributed by atoms with Crippen molar-refractivity contribution in [3.63, 3.8) is 0 Å². The van der Waals surface area contributed by atoms with Crippen molar-refractivity contribution in [2.45, 2.75) is 12.2 Å². The lowest BCUT2D eigenvalue weighted by Gasteiger charge is -2.22. The molecule has 0 fully saturated rings. The summed E-state index contributed by atoms with van der Waals surface area (Å²) in [6, 6.07) is 14.6. The fourth-order valence-corrected chi connectivity index (χ4v) is 3.19. The Morgan fingerprint density at radius 2 is 1.68 bits per heavy atom. The molecule has 0 spiro atoms. The van der Waals surface area contributed by atoms with Crippen LogP contribution in [0.2, 0.25) is 0 Å². The van der Waals surface area contributed by atoms with Crippen LogP contribution in [0.3, 0.4) is 0 Å². The molecule has 9 heteroatoms. The van der Waals surface area contributed by atoms with Crippen molar-refractivity contribution in [1.82, 2.24) is 10.3 Å². The number of nitrogens with two attached hydrogens (primary N) is 1. The van der Waals surface area contributed by atoms with E-state index in [4.69, 9.17) is 10.2 Å². The van der Waals surface area contributed by atoms with Gasteiger partial charge in [-0.3, -0.25) is 9.59 Å². The second-order valence-corrected chi connectivity index (χ2v) is 6.87. The Morgan fingerprint density at radius 1 is 1.00 bits per heavy atom. The molecule has 2 aromatic heterocycles. The molecule has 2 aromatic carbocycles. The summed E-state index contributed by atoms with van der Waals surface area (Å²) in [7, 11) is 0. The van der Waals surface area contributed by atoms with Crippen LogP contribution in [0.4, 0.5) is 13.2 Å². The molecule has 1 unspecified atom stereocenters. The number of rotatable bonds is 5. The second-order valence-electron chi connectivity index (χ2n) is 6.87. The molecule has 4 aromatic rings. The van der Waals surface area contributed by atoms with Gasteiger partial charge in [0, 0.05) is 23.3 Å². The molecule has 158 valence electrons. The molecule has 2 heterocycles. The SMILES string of the molecule is NC(=O)c1ccc(C(NC(=O)c2cc3oc(-c4ccccc4)cc3[nH]2)C(F)(F)F)cc1. The number of alkyl halides is 3. The zero-order valence-electron chi connectivity index (χ0n) is 15.9. The Kier molecular flexibility index (Phi) is 5.02. The molecule has 0 aliphatic rings. The molecule has 0 saturated heterocycles. The maximum Gasteiger partial charge on any atom is 0.412 e. The number of nitrogens with one attached hydrogen (secondary N) is 2. The number of aromatic amines is 1. The van der Waals surface area contributed by atoms with Crippen LogP contribution in [0.1, 0.15) is 32.5 Å². The van der Waals surface area contributed by atoms with Crippen molar-refractivity contribution in [2.75, 3.05) is 0 Å². The van der Waals surface area contributed by atoms with Gasteiger partial charge < -0.3 is 20.5 Å². The molecule has 2 amide bonds. The van der Waals surface area contributed by atoms with E-state index in [0.29, 0.717) is 16.9 Å². The van der Waals surface area contributed by atoms with Gasteiger partial charge in [-0.2, -0.15) is 13.2 Å². The Hall–Kier alpha value is -4.01. The first kappa shape index (κ1) is 20.3. The average Bonchev–Trinajstić information content (AvgIpc) is 3.31. The summed E-state index contributed by atoms with van der Waals surface area (Å²) in [5.41, 5.74) is 6.53. The van der Waals surface area contributed by atoms with Crippen LogP contribution in [0, 0.1) is 0 Å². The van der Waals surface area contributed by atoms with Crippen molar-refractivity contribution in [3.8, 4) is 11.3 Å². The molecule has 0 radical (unpaired) electrons. The second kappa shape index (κ2) is 7.67. The number of fused-ring (bicyclic) bond motifs is 1. The molecule has 0 aliphatic heterocycles. The first-order valence-corrected chi connectivity index (χ1v) is 9.17. The quantitative estimate of drug-likeness (QED) is 0.435. The number of carbonyl (C=O) groups excluding carboxylic acids is 2. The smallest absolute Gasteiger partial charge is 0.412 e. The summed E-state index contributed by atoms with van der Waals surface area (Å²) in [5.74, 6) is -1.14. The largest absolute Gasteiger partial charge is 0.454 e. The zero-order chi connectivity index (χ0) is 22.2. The van der Waals surface area contributed by atoms with E-state index < -0.39 is 24.0 Å². The highest BCUT2D eigenvalue weighted by Gasteiger charge is 2.42. The van der Waals surface area contributed by atoms with E-state index in [1.807, 2.05) is 35.6 Å². The predicted octanol–water partition coefficient (Wildman–Crippen LogP) is 4.56. The fourth-order valence-electron chi connectivity index (χ4n) is 3.19. The highest BCUT2D eigenvalue weighted by molar-refractivity contribution is 5.98. The lowest BCUT2D eigenvalue weighted by molar-refractivity contribution is -0.155. The Morgan fingerprint density at radius 3 is 2.26 bits per heavy atom. The van der Waals surface area contributed by atoms with E-state index in [-0.39, 0.29) is 16.8 Å². The van der Waals surface area contributed by atoms with Crippen molar-refractivity contribution in [3.05, 3.63) is 83.6 Å². The van der Waals surface area contributed by atoms with Crippen molar-refractivity contribution in [1.29, 1.82) is 0 Å². The number of H-pyrrole nitrogens is 1. The van der Waals surface area contributed by atoms with Gasteiger partial charge in [0.1, 0.15) is 11.5 Å². The third kappa shape index (κ3) is 4.16. The van der Waals surface area contributed by atoms with Gasteiger partial charge >= 0.3 is 6.18 Å². The van der Waals surface area contributed by atoms with Gasteiger partial charge in [0.15, 0.2) is 11.6 Å². The van der Waals surface area contributed by atoms with Gasteiger partial charge in [0.05, 0.1) is 5.52 Å². The predicted molar refractivity (Wildman–Crippen MR) is 107 cm³/mol. The van der Waals surface area contributed by atoms with E-state index in [1.165, 1.54) is 18.2 Å². The topological polar surface area (TPSA) is 101 Å². The number of furan rings is 1. The summed E-state index contributed by atoms with van der Waals surface area (Å²) in [6.45, 7) is 0. The van der Waals surface area contributed by atoms with Gasteiger partial charge in [0.25, 0.3) is 5.91 Å². The monoisotopic (exact) mass is 427 g/mol. The average molecular weight is 427 g/mol. The third-order valence-electron chi connectivity index (χ3n) is 4.74. The molecule has 6 nitrogen and oxygen atoms in total. The summed E-state index contributed by atoms with van der Waals surface area (Å²) < 4.78 is 46.5. The van der Waals surface area contributed by atoms with E-state index >= 15 is 0 Å². The zero-order valence-corrected chi connectivity index (χ0v) is 15.9. The molecule has 0 bridgehead atoms. The molecule has 4 rings (SSSR count). The number of halogens is 3. The first-order chi connectivity index (χ1) is 14.7. The summed E-state index contributed by atoms with van der Waals surface area (Å²) in [5, 5.41) is 1.98. The Bertz CT molecular complexity index is 1210. The van der Waals surface area contributed by atoms with Gasteiger partial charge in [-0.05, 0) is 17.7 Å². The third-order valence-corrected chi connectivity index (χ3v) is 4.74. The fraction of sp³-hybridized carbons (Fsp3) is 0.0909. The van der Waals surface area contributed by atoms with Gasteiger partial charge in [-0.1, -0.05) is 42.5 Å². The number of hydrogen-bond acceptors (Lipinski definition) is 3. The van der Waals surface area contributed by atoms with Crippen LogP contribution in [-0.2, 0) is 0 Å². The normalized spacial score (nSPS) is 12.6. The minimum atomic E-state index is -4.75. The van der Waals surface area contributed by atoms with Gasteiger partial charge in [-0.15, -0.1) is 0 Å². The van der Waals surface area contributed by atoms with Crippen LogP contribution in [0.15, 0.2) is 71.1 Å². The van der Waals surface area contributed by atoms with Crippen LogP contribution < -0.4 is 11.1 Å². The number of carbonyl (C=O) groups is 2. The number of primary amides is 1. The van der Waals surface area contributed by atoms with Gasteiger partial charge in [-0.25, -0.2) is 0 Å². The van der Waals surface area contributed by atoms with Crippen molar-refractivity contribution < 1.29 is 27.2 Å². The summed E-state index contributed by atoms with van der Waals surface area (Å²) >= 11 is 0. The first-order valence-electron chi connectivity index (χ1n) is 9.17. The Balaban J connectivity index is 1.57. The summed E-state index contributed by atoms with van der Waals surface area (Å²) in [4.78, 5) is 26.4. The summed E-state index contributed by atoms with van der Waals surface area (Å²) in [6.07, 6.45) is -4.75. The van der Waals surface area contributed by atoms with Crippen LogP contribution in [-0.4, -0.2) is 23.0 Å². The number of aromatic nitrogens is 1. The van der Waals surface area contributed by atoms with Crippen molar-refractivity contribution in [2.24, 2.45) is 5.73 Å². The maximum atomic E-state index is 13.6. The standard InChI is InChI=1S/C22H16F3N3O3/c23-22(24,25)19(13-6-8-14(9-7-13)20(26)29)28-21(30)16-11-18-15(27-16)10-17(31-18)12-4-2-1-3-5-12/h1-11,19,27H,(H2,26,29)(H,28,30). The molecule has 0 aliphatic carbocycles. The van der Waals surface area contributed by atoms with E-state index in [0.717, 1.165) is 17.7 Å². The molecule has 31 heavy (non-hydrogen) atoms. The lowest BCUT2D eigenvalue weighted by Crippen LogP contribution is -2.38. The van der Waals surface area contributed by atoms with Crippen molar-refractivity contribution >= 4 is 22.9 Å². The molecular formula is C22H16F3N3O3.